The van der Waals surface area contributed by atoms with Crippen molar-refractivity contribution in [1.29, 1.82) is 0 Å². The summed E-state index contributed by atoms with van der Waals surface area (Å²) in [5.74, 6) is 0.311. The second kappa shape index (κ2) is 9.39. The smallest absolute Gasteiger partial charge is 0.251 e. The molecule has 0 bridgehead atoms. The Bertz CT molecular complexity index is 830. The third-order valence-electron chi connectivity index (χ3n) is 5.15. The van der Waals surface area contributed by atoms with Gasteiger partial charge in [0, 0.05) is 24.3 Å². The maximum Gasteiger partial charge on any atom is 0.251 e. The first-order valence-corrected chi connectivity index (χ1v) is 9.62. The summed E-state index contributed by atoms with van der Waals surface area (Å²) >= 11 is 0. The largest absolute Gasteiger partial charge is 0.349 e. The lowest BCUT2D eigenvalue weighted by atomic mass is 9.83. The molecule has 1 fully saturated rings. The van der Waals surface area contributed by atoms with Gasteiger partial charge in [0.2, 0.25) is 6.41 Å². The predicted octanol–water partition coefficient (Wildman–Crippen LogP) is 3.27. The minimum absolute atomic E-state index is 0.0676. The number of carbonyl (C=O) groups excluding carboxylic acids is 2. The molecule has 2 aromatic rings. The molecular weight excluding hydrogens is 359 g/mol. The van der Waals surface area contributed by atoms with Crippen LogP contribution in [-0.4, -0.2) is 34.9 Å². The van der Waals surface area contributed by atoms with Crippen molar-refractivity contribution in [1.82, 2.24) is 15.3 Å². The highest BCUT2D eigenvalue weighted by molar-refractivity contribution is 5.94. The van der Waals surface area contributed by atoms with Crippen LogP contribution in [0.15, 0.2) is 36.7 Å². The van der Waals surface area contributed by atoms with E-state index in [0.29, 0.717) is 23.8 Å². The molecule has 0 spiro atoms. The van der Waals surface area contributed by atoms with Gasteiger partial charge in [0.25, 0.3) is 5.91 Å². The first-order chi connectivity index (χ1) is 13.5. The minimum Gasteiger partial charge on any atom is -0.349 e. The van der Waals surface area contributed by atoms with Crippen molar-refractivity contribution in [2.45, 2.75) is 45.1 Å². The summed E-state index contributed by atoms with van der Waals surface area (Å²) in [7, 11) is 0. The van der Waals surface area contributed by atoms with Gasteiger partial charge < -0.3 is 5.32 Å². The van der Waals surface area contributed by atoms with Gasteiger partial charge in [-0.1, -0.05) is 18.9 Å². The molecule has 3 rings (SSSR count). The number of amides is 2. The first kappa shape index (κ1) is 19.9. The SMILES string of the molecule is Cc1cncc(N(C=O)CCC2CCC[C@H](NC(=O)c3cccc(F)c3)C2)n1. The average molecular weight is 384 g/mol. The first-order valence-electron chi connectivity index (χ1n) is 9.62. The Morgan fingerprint density at radius 3 is 2.96 bits per heavy atom. The number of nitrogens with zero attached hydrogens (tertiary/aromatic N) is 3. The van der Waals surface area contributed by atoms with Gasteiger partial charge in [-0.25, -0.2) is 9.37 Å². The molecule has 28 heavy (non-hydrogen) atoms. The van der Waals surface area contributed by atoms with Crippen LogP contribution in [0.5, 0.6) is 0 Å². The Labute approximate surface area is 164 Å². The van der Waals surface area contributed by atoms with E-state index in [1.54, 1.807) is 23.4 Å². The van der Waals surface area contributed by atoms with Gasteiger partial charge in [0.05, 0.1) is 11.9 Å². The standard InChI is InChI=1S/C21H25FN4O2/c1-15-12-23-13-20(24-15)26(14-27)9-8-16-4-2-7-19(10-16)25-21(28)17-5-3-6-18(22)11-17/h3,5-6,11-14,16,19H,2,4,7-10H2,1H3,(H,25,28)/t16?,19-/m0/s1. The summed E-state index contributed by atoms with van der Waals surface area (Å²) in [6.07, 6.45) is 8.72. The number of rotatable bonds is 7. The highest BCUT2D eigenvalue weighted by atomic mass is 19.1. The van der Waals surface area contributed by atoms with Gasteiger partial charge in [-0.3, -0.25) is 19.5 Å². The van der Waals surface area contributed by atoms with Crippen molar-refractivity contribution in [3.8, 4) is 0 Å². The number of aryl methyl sites for hydroxylation is 1. The van der Waals surface area contributed by atoms with Crippen LogP contribution in [0.25, 0.3) is 0 Å². The van der Waals surface area contributed by atoms with Gasteiger partial charge >= 0.3 is 0 Å². The van der Waals surface area contributed by atoms with E-state index in [0.717, 1.165) is 44.2 Å². The average Bonchev–Trinajstić information content (AvgIpc) is 2.69. The second-order valence-electron chi connectivity index (χ2n) is 7.32. The third-order valence-corrected chi connectivity index (χ3v) is 5.15. The topological polar surface area (TPSA) is 75.2 Å². The van der Waals surface area contributed by atoms with Crippen molar-refractivity contribution in [3.05, 3.63) is 53.7 Å². The van der Waals surface area contributed by atoms with E-state index in [1.165, 1.54) is 18.2 Å². The lowest BCUT2D eigenvalue weighted by Crippen LogP contribution is -2.39. The number of hydrogen-bond donors (Lipinski definition) is 1. The van der Waals surface area contributed by atoms with E-state index >= 15 is 0 Å². The van der Waals surface area contributed by atoms with Crippen LogP contribution >= 0.6 is 0 Å². The molecule has 1 saturated carbocycles. The van der Waals surface area contributed by atoms with Crippen LogP contribution in [-0.2, 0) is 4.79 Å². The lowest BCUT2D eigenvalue weighted by molar-refractivity contribution is -0.107. The summed E-state index contributed by atoms with van der Waals surface area (Å²) in [4.78, 5) is 33.8. The van der Waals surface area contributed by atoms with Crippen molar-refractivity contribution >= 4 is 18.1 Å². The Morgan fingerprint density at radius 2 is 2.21 bits per heavy atom. The van der Waals surface area contributed by atoms with Crippen LogP contribution < -0.4 is 10.2 Å². The normalized spacial score (nSPS) is 19.1. The number of carbonyl (C=O) groups is 2. The molecule has 2 atom stereocenters. The number of anilines is 1. The van der Waals surface area contributed by atoms with Crippen LogP contribution in [0.4, 0.5) is 10.2 Å². The predicted molar refractivity (Wildman–Crippen MR) is 104 cm³/mol. The number of hydrogen-bond acceptors (Lipinski definition) is 4. The molecule has 1 N–H and O–H groups in total. The summed E-state index contributed by atoms with van der Waals surface area (Å²) in [6, 6.07) is 5.79. The molecule has 6 nitrogen and oxygen atoms in total. The monoisotopic (exact) mass is 384 g/mol. The number of benzene rings is 1. The van der Waals surface area contributed by atoms with Crippen molar-refractivity contribution in [3.63, 3.8) is 0 Å². The van der Waals surface area contributed by atoms with E-state index in [1.807, 2.05) is 6.92 Å². The molecule has 1 heterocycles. The van der Waals surface area contributed by atoms with E-state index in [2.05, 4.69) is 15.3 Å². The zero-order valence-corrected chi connectivity index (χ0v) is 16.0. The molecule has 1 aromatic heterocycles. The second-order valence-corrected chi connectivity index (χ2v) is 7.32. The van der Waals surface area contributed by atoms with Crippen LogP contribution in [0.1, 0.15) is 48.2 Å². The fraction of sp³-hybridized carbons (Fsp3) is 0.429. The fourth-order valence-electron chi connectivity index (χ4n) is 3.71. The van der Waals surface area contributed by atoms with Gasteiger partial charge in [0.1, 0.15) is 5.82 Å². The zero-order valence-electron chi connectivity index (χ0n) is 16.0. The Kier molecular flexibility index (Phi) is 6.68. The maximum atomic E-state index is 13.3. The van der Waals surface area contributed by atoms with Crippen molar-refractivity contribution in [2.75, 3.05) is 11.4 Å². The summed E-state index contributed by atoms with van der Waals surface area (Å²) in [5, 5.41) is 3.02. The molecule has 1 unspecified atom stereocenters. The van der Waals surface area contributed by atoms with Gasteiger partial charge in [-0.05, 0) is 50.3 Å². The van der Waals surface area contributed by atoms with Gasteiger partial charge in [-0.2, -0.15) is 0 Å². The van der Waals surface area contributed by atoms with Gasteiger partial charge in [-0.15, -0.1) is 0 Å². The molecule has 1 aliphatic rings. The maximum absolute atomic E-state index is 13.3. The molecule has 1 aromatic carbocycles. The minimum atomic E-state index is -0.414. The summed E-state index contributed by atoms with van der Waals surface area (Å²) in [5.41, 5.74) is 1.11. The van der Waals surface area contributed by atoms with E-state index in [9.17, 15) is 14.0 Å². The molecule has 0 saturated heterocycles. The highest BCUT2D eigenvalue weighted by Gasteiger charge is 2.24. The van der Waals surface area contributed by atoms with Crippen LogP contribution in [0.2, 0.25) is 0 Å². The fourth-order valence-corrected chi connectivity index (χ4v) is 3.71. The van der Waals surface area contributed by atoms with E-state index < -0.39 is 5.82 Å². The highest BCUT2D eigenvalue weighted by Crippen LogP contribution is 2.27. The molecule has 7 heteroatoms. The lowest BCUT2D eigenvalue weighted by Gasteiger charge is -2.30. The van der Waals surface area contributed by atoms with Crippen LogP contribution in [0.3, 0.4) is 0 Å². The summed E-state index contributed by atoms with van der Waals surface area (Å²) < 4.78 is 13.3. The Balaban J connectivity index is 1.53. The molecule has 148 valence electrons. The zero-order chi connectivity index (χ0) is 19.9. The number of halogens is 1. The number of aromatic nitrogens is 2. The molecule has 2 amide bonds. The van der Waals surface area contributed by atoms with E-state index in [4.69, 9.17) is 0 Å². The molecule has 0 aliphatic heterocycles. The Morgan fingerprint density at radius 1 is 1.36 bits per heavy atom. The molecule has 0 radical (unpaired) electrons. The van der Waals surface area contributed by atoms with Crippen molar-refractivity contribution in [2.24, 2.45) is 5.92 Å². The number of nitrogens with one attached hydrogen (secondary N) is 1. The third kappa shape index (κ3) is 5.34. The summed E-state index contributed by atoms with van der Waals surface area (Å²) in [6.45, 7) is 2.41. The van der Waals surface area contributed by atoms with E-state index in [-0.39, 0.29) is 11.9 Å². The quantitative estimate of drug-likeness (QED) is 0.744. The Hall–Kier alpha value is -2.83. The van der Waals surface area contributed by atoms with Crippen molar-refractivity contribution < 1.29 is 14.0 Å². The van der Waals surface area contributed by atoms with Gasteiger partial charge in [0.15, 0.2) is 5.82 Å². The molecule has 1 aliphatic carbocycles. The molecular formula is C21H25FN4O2. The van der Waals surface area contributed by atoms with Crippen LogP contribution in [0, 0.1) is 18.7 Å².